The van der Waals surface area contributed by atoms with E-state index in [1.807, 2.05) is 6.92 Å². The lowest BCUT2D eigenvalue weighted by molar-refractivity contribution is -0.133. The van der Waals surface area contributed by atoms with Crippen molar-refractivity contribution in [1.29, 1.82) is 0 Å². The molecule has 1 heterocycles. The van der Waals surface area contributed by atoms with Crippen molar-refractivity contribution in [3.05, 3.63) is 35.1 Å². The Morgan fingerprint density at radius 3 is 2.52 bits per heavy atom. The highest BCUT2D eigenvalue weighted by Gasteiger charge is 2.57. The number of benzene rings is 1. The summed E-state index contributed by atoms with van der Waals surface area (Å²) >= 11 is 0. The zero-order chi connectivity index (χ0) is 16.8. The molecule has 2 atom stereocenters. The lowest BCUT2D eigenvalue weighted by Crippen LogP contribution is -2.55. The molecule has 1 aromatic rings. The number of primary amides is 2. The van der Waals surface area contributed by atoms with E-state index in [0.29, 0.717) is 19.5 Å². The van der Waals surface area contributed by atoms with Gasteiger partial charge in [-0.25, -0.2) is 9.18 Å². The summed E-state index contributed by atoms with van der Waals surface area (Å²) in [5.41, 5.74) is 12.2. The summed E-state index contributed by atoms with van der Waals surface area (Å²) in [4.78, 5) is 25.6. The molecule has 2 unspecified atom stereocenters. The SMILES string of the molecule is Cc1cc(F)ccc1C1CN(C(N)=O)CCC1(C(N)=O)C1CC1. The number of likely N-dealkylation sites (tertiary alicyclic amines) is 1. The van der Waals surface area contributed by atoms with E-state index in [-0.39, 0.29) is 23.6 Å². The molecule has 2 fully saturated rings. The average Bonchev–Trinajstić information content (AvgIpc) is 3.31. The third-order valence-corrected chi connectivity index (χ3v) is 5.50. The van der Waals surface area contributed by atoms with Gasteiger partial charge in [0, 0.05) is 19.0 Å². The van der Waals surface area contributed by atoms with E-state index in [0.717, 1.165) is 24.0 Å². The van der Waals surface area contributed by atoms with Crippen LogP contribution < -0.4 is 11.5 Å². The second kappa shape index (κ2) is 5.51. The van der Waals surface area contributed by atoms with Gasteiger partial charge in [0.25, 0.3) is 0 Å². The van der Waals surface area contributed by atoms with Crippen molar-refractivity contribution < 1.29 is 14.0 Å². The molecule has 1 aromatic carbocycles. The Kier molecular flexibility index (Phi) is 3.78. The van der Waals surface area contributed by atoms with Gasteiger partial charge >= 0.3 is 6.03 Å². The molecule has 3 rings (SSSR count). The number of aryl methyl sites for hydroxylation is 1. The first kappa shape index (κ1) is 15.8. The molecule has 6 heteroatoms. The van der Waals surface area contributed by atoms with Crippen LogP contribution in [0.4, 0.5) is 9.18 Å². The fourth-order valence-corrected chi connectivity index (χ4v) is 4.16. The van der Waals surface area contributed by atoms with Crippen LogP contribution in [0.3, 0.4) is 0 Å². The number of hydrogen-bond acceptors (Lipinski definition) is 2. The van der Waals surface area contributed by atoms with Gasteiger partial charge in [0.1, 0.15) is 5.82 Å². The maximum atomic E-state index is 13.5. The van der Waals surface area contributed by atoms with Crippen molar-refractivity contribution in [1.82, 2.24) is 4.90 Å². The molecule has 1 aliphatic carbocycles. The minimum atomic E-state index is -0.672. The Balaban J connectivity index is 2.08. The van der Waals surface area contributed by atoms with Crippen molar-refractivity contribution in [2.24, 2.45) is 22.8 Å². The van der Waals surface area contributed by atoms with E-state index >= 15 is 0 Å². The summed E-state index contributed by atoms with van der Waals surface area (Å²) in [6.07, 6.45) is 2.45. The first-order valence-electron chi connectivity index (χ1n) is 7.96. The van der Waals surface area contributed by atoms with Gasteiger partial charge in [0.2, 0.25) is 5.91 Å². The molecule has 1 saturated carbocycles. The van der Waals surface area contributed by atoms with Crippen molar-refractivity contribution in [2.75, 3.05) is 13.1 Å². The lowest BCUT2D eigenvalue weighted by atomic mass is 9.63. The van der Waals surface area contributed by atoms with Crippen LogP contribution in [-0.4, -0.2) is 29.9 Å². The molecular weight excluding hydrogens is 297 g/mol. The molecule has 5 nitrogen and oxygen atoms in total. The smallest absolute Gasteiger partial charge is 0.314 e. The number of halogens is 1. The third kappa shape index (κ3) is 2.56. The van der Waals surface area contributed by atoms with Gasteiger partial charge < -0.3 is 16.4 Å². The highest BCUT2D eigenvalue weighted by molar-refractivity contribution is 5.84. The van der Waals surface area contributed by atoms with Crippen LogP contribution in [0.15, 0.2) is 18.2 Å². The number of rotatable bonds is 3. The molecule has 0 radical (unpaired) electrons. The van der Waals surface area contributed by atoms with Gasteiger partial charge in [-0.05, 0) is 55.4 Å². The van der Waals surface area contributed by atoms with Crippen LogP contribution in [0.5, 0.6) is 0 Å². The van der Waals surface area contributed by atoms with Crippen LogP contribution >= 0.6 is 0 Å². The Morgan fingerprint density at radius 1 is 1.30 bits per heavy atom. The molecule has 1 aliphatic heterocycles. The standard InChI is InChI=1S/C17H22FN3O2/c1-10-8-12(18)4-5-13(10)14-9-21(16(20)23)7-6-17(14,15(19)22)11-2-3-11/h4-5,8,11,14H,2-3,6-7,9H2,1H3,(H2,19,22)(H2,20,23). The third-order valence-electron chi connectivity index (χ3n) is 5.50. The first-order chi connectivity index (χ1) is 10.9. The second-order valence-electron chi connectivity index (χ2n) is 6.77. The van der Waals surface area contributed by atoms with Gasteiger partial charge in [0.15, 0.2) is 0 Å². The monoisotopic (exact) mass is 319 g/mol. The number of nitrogens with zero attached hydrogens (tertiary/aromatic N) is 1. The van der Waals surface area contributed by atoms with E-state index in [2.05, 4.69) is 0 Å². The maximum absolute atomic E-state index is 13.5. The van der Waals surface area contributed by atoms with E-state index < -0.39 is 11.4 Å². The molecule has 1 saturated heterocycles. The van der Waals surface area contributed by atoms with Gasteiger partial charge in [-0.15, -0.1) is 0 Å². The largest absolute Gasteiger partial charge is 0.369 e. The van der Waals surface area contributed by atoms with Gasteiger partial charge in [-0.3, -0.25) is 4.79 Å². The molecule has 2 aliphatic rings. The van der Waals surface area contributed by atoms with Crippen LogP contribution in [-0.2, 0) is 4.79 Å². The summed E-state index contributed by atoms with van der Waals surface area (Å²) < 4.78 is 13.5. The van der Waals surface area contributed by atoms with E-state index in [1.165, 1.54) is 12.1 Å². The Bertz CT molecular complexity index is 659. The maximum Gasteiger partial charge on any atom is 0.314 e. The molecule has 0 spiro atoms. The lowest BCUT2D eigenvalue weighted by Gasteiger charge is -2.46. The van der Waals surface area contributed by atoms with Gasteiger partial charge in [0.05, 0.1) is 5.41 Å². The van der Waals surface area contributed by atoms with Crippen LogP contribution in [0.1, 0.15) is 36.3 Å². The van der Waals surface area contributed by atoms with Gasteiger partial charge in [-0.1, -0.05) is 6.07 Å². The zero-order valence-corrected chi connectivity index (χ0v) is 13.2. The average molecular weight is 319 g/mol. The number of hydrogen-bond donors (Lipinski definition) is 2. The van der Waals surface area contributed by atoms with E-state index in [4.69, 9.17) is 11.5 Å². The summed E-state index contributed by atoms with van der Waals surface area (Å²) in [6, 6.07) is 4.06. The molecule has 0 aromatic heterocycles. The fourth-order valence-electron chi connectivity index (χ4n) is 4.16. The molecule has 3 amide bonds. The summed E-state index contributed by atoms with van der Waals surface area (Å²) in [6.45, 7) is 2.60. The van der Waals surface area contributed by atoms with Crippen molar-refractivity contribution in [3.8, 4) is 0 Å². The summed E-state index contributed by atoms with van der Waals surface area (Å²) in [5, 5.41) is 0. The molecule has 23 heavy (non-hydrogen) atoms. The van der Waals surface area contributed by atoms with Crippen LogP contribution in [0.2, 0.25) is 0 Å². The van der Waals surface area contributed by atoms with Crippen molar-refractivity contribution in [2.45, 2.75) is 32.1 Å². The highest BCUT2D eigenvalue weighted by atomic mass is 19.1. The molecule has 0 bridgehead atoms. The molecule has 124 valence electrons. The van der Waals surface area contributed by atoms with Gasteiger partial charge in [-0.2, -0.15) is 0 Å². The molecule has 4 N–H and O–H groups in total. The van der Waals surface area contributed by atoms with Crippen molar-refractivity contribution in [3.63, 3.8) is 0 Å². The number of piperidine rings is 1. The molecular formula is C17H22FN3O2. The second-order valence-corrected chi connectivity index (χ2v) is 6.77. The zero-order valence-electron chi connectivity index (χ0n) is 13.2. The van der Waals surface area contributed by atoms with Crippen molar-refractivity contribution >= 4 is 11.9 Å². The number of nitrogens with two attached hydrogens (primary N) is 2. The topological polar surface area (TPSA) is 89.4 Å². The summed E-state index contributed by atoms with van der Waals surface area (Å²) in [7, 11) is 0. The van der Waals surface area contributed by atoms with Crippen LogP contribution in [0.25, 0.3) is 0 Å². The first-order valence-corrected chi connectivity index (χ1v) is 7.96. The van der Waals surface area contributed by atoms with E-state index in [9.17, 15) is 14.0 Å². The summed E-state index contributed by atoms with van der Waals surface area (Å²) in [5.74, 6) is -0.637. The Morgan fingerprint density at radius 2 is 2.00 bits per heavy atom. The number of amides is 3. The number of carbonyl (C=O) groups excluding carboxylic acids is 2. The quantitative estimate of drug-likeness (QED) is 0.891. The van der Waals surface area contributed by atoms with Crippen LogP contribution in [0, 0.1) is 24.1 Å². The highest BCUT2D eigenvalue weighted by Crippen LogP contribution is 2.57. The predicted octanol–water partition coefficient (Wildman–Crippen LogP) is 1.88. The Hall–Kier alpha value is -2.11. The normalized spacial score (nSPS) is 27.7. The van der Waals surface area contributed by atoms with E-state index in [1.54, 1.807) is 11.0 Å². The minimum Gasteiger partial charge on any atom is -0.369 e. The number of carbonyl (C=O) groups is 2. The predicted molar refractivity (Wildman–Crippen MR) is 84.0 cm³/mol. The Labute approximate surface area is 134 Å². The number of urea groups is 1. The minimum absolute atomic E-state index is 0.240. The fraction of sp³-hybridized carbons (Fsp3) is 0.529.